The number of pyridine rings is 1. The summed E-state index contributed by atoms with van der Waals surface area (Å²) in [7, 11) is 0. The van der Waals surface area contributed by atoms with Gasteiger partial charge < -0.3 is 9.84 Å². The van der Waals surface area contributed by atoms with Crippen molar-refractivity contribution >= 4 is 0 Å². The maximum atomic E-state index is 14.9. The van der Waals surface area contributed by atoms with Crippen molar-refractivity contribution in [2.24, 2.45) is 0 Å². The predicted octanol–water partition coefficient (Wildman–Crippen LogP) is 8.41. The number of benzene rings is 3. The van der Waals surface area contributed by atoms with Gasteiger partial charge in [-0.2, -0.15) is 0 Å². The van der Waals surface area contributed by atoms with Crippen LogP contribution in [0.5, 0.6) is 5.75 Å². The van der Waals surface area contributed by atoms with Crippen molar-refractivity contribution < 1.29 is 23.0 Å². The Labute approximate surface area is 227 Å². The zero-order valence-corrected chi connectivity index (χ0v) is 22.0. The Kier molecular flexibility index (Phi) is 9.55. The lowest BCUT2D eigenvalue weighted by Crippen LogP contribution is -2.02. The van der Waals surface area contributed by atoms with E-state index in [1.165, 1.54) is 12.3 Å². The Hall–Kier alpha value is -3.90. The standard InChI is InChI=1S/C33H32F3NO2/c1-3-5-19-39-31-18-15-25(20-28(31)34)23-10-7-22(8-11-23)9-12-24-13-16-27(33(36)32(24)35)26-14-17-29(37-21-26)30(38)6-4-2/h3,7-8,10-11,13-18,20-21,30,38H,1,4-6,9,12,19H2,2H3. The van der Waals surface area contributed by atoms with Crippen LogP contribution in [0.2, 0.25) is 0 Å². The van der Waals surface area contributed by atoms with Crippen LogP contribution in [0.15, 0.2) is 85.6 Å². The van der Waals surface area contributed by atoms with Gasteiger partial charge in [0.05, 0.1) is 18.4 Å². The summed E-state index contributed by atoms with van der Waals surface area (Å²) in [6.07, 6.45) is 5.40. The molecule has 0 aliphatic heterocycles. The molecule has 0 fully saturated rings. The summed E-state index contributed by atoms with van der Waals surface area (Å²) in [5.41, 5.74) is 3.91. The number of halogens is 3. The molecule has 39 heavy (non-hydrogen) atoms. The van der Waals surface area contributed by atoms with Gasteiger partial charge >= 0.3 is 0 Å². The molecular formula is C33H32F3NO2. The van der Waals surface area contributed by atoms with Crippen molar-refractivity contribution in [1.29, 1.82) is 0 Å². The van der Waals surface area contributed by atoms with E-state index in [0.29, 0.717) is 43.5 Å². The average molecular weight is 532 g/mol. The maximum absolute atomic E-state index is 14.9. The second kappa shape index (κ2) is 13.3. The molecule has 0 aliphatic rings. The van der Waals surface area contributed by atoms with Crippen LogP contribution in [-0.2, 0) is 12.8 Å². The molecule has 0 bridgehead atoms. The molecule has 0 radical (unpaired) electrons. The van der Waals surface area contributed by atoms with Gasteiger partial charge in [-0.05, 0) is 66.1 Å². The minimum Gasteiger partial charge on any atom is -0.490 e. The quantitative estimate of drug-likeness (QED) is 0.147. The smallest absolute Gasteiger partial charge is 0.166 e. The zero-order valence-electron chi connectivity index (χ0n) is 22.0. The second-order valence-corrected chi connectivity index (χ2v) is 9.44. The van der Waals surface area contributed by atoms with Gasteiger partial charge in [0.1, 0.15) is 0 Å². The van der Waals surface area contributed by atoms with E-state index in [-0.39, 0.29) is 16.9 Å². The van der Waals surface area contributed by atoms with Crippen LogP contribution in [-0.4, -0.2) is 16.7 Å². The van der Waals surface area contributed by atoms with Gasteiger partial charge in [-0.25, -0.2) is 13.2 Å². The van der Waals surface area contributed by atoms with Gasteiger partial charge in [-0.1, -0.05) is 68.0 Å². The lowest BCUT2D eigenvalue weighted by atomic mass is 9.98. The van der Waals surface area contributed by atoms with Gasteiger partial charge in [-0.15, -0.1) is 6.58 Å². The van der Waals surface area contributed by atoms with Crippen LogP contribution >= 0.6 is 0 Å². The van der Waals surface area contributed by atoms with E-state index in [4.69, 9.17) is 4.74 Å². The van der Waals surface area contributed by atoms with E-state index in [9.17, 15) is 18.3 Å². The second-order valence-electron chi connectivity index (χ2n) is 9.44. The molecule has 202 valence electrons. The molecule has 3 aromatic carbocycles. The summed E-state index contributed by atoms with van der Waals surface area (Å²) in [5.74, 6) is -2.01. The number of hydrogen-bond donors (Lipinski definition) is 1. The van der Waals surface area contributed by atoms with Crippen molar-refractivity contribution in [3.8, 4) is 28.0 Å². The fraction of sp³-hybridized carbons (Fsp3) is 0.242. The summed E-state index contributed by atoms with van der Waals surface area (Å²) in [6.45, 7) is 5.96. The van der Waals surface area contributed by atoms with Crippen LogP contribution in [0.25, 0.3) is 22.3 Å². The molecular weight excluding hydrogens is 499 g/mol. The lowest BCUT2D eigenvalue weighted by molar-refractivity contribution is 0.162. The first-order valence-electron chi connectivity index (χ1n) is 13.1. The minimum atomic E-state index is -0.912. The lowest BCUT2D eigenvalue weighted by Gasteiger charge is -2.12. The van der Waals surface area contributed by atoms with E-state index >= 15 is 0 Å². The molecule has 6 heteroatoms. The van der Waals surface area contributed by atoms with Crippen LogP contribution in [0, 0.1) is 17.5 Å². The largest absolute Gasteiger partial charge is 0.490 e. The molecule has 0 saturated carbocycles. The third kappa shape index (κ3) is 6.95. The zero-order chi connectivity index (χ0) is 27.8. The molecule has 1 heterocycles. The molecule has 0 saturated heterocycles. The van der Waals surface area contributed by atoms with Gasteiger partial charge in [-0.3, -0.25) is 4.98 Å². The Morgan fingerprint density at radius 3 is 2.31 bits per heavy atom. The van der Waals surface area contributed by atoms with Crippen molar-refractivity contribution in [2.75, 3.05) is 6.61 Å². The highest BCUT2D eigenvalue weighted by atomic mass is 19.2. The SMILES string of the molecule is C=CCCOc1ccc(-c2ccc(CCc3ccc(-c4ccc(C(O)CCC)nc4)c(F)c3F)cc2)cc1F. The van der Waals surface area contributed by atoms with E-state index in [1.807, 2.05) is 31.2 Å². The molecule has 0 aliphatic carbocycles. The van der Waals surface area contributed by atoms with E-state index in [2.05, 4.69) is 11.6 Å². The Morgan fingerprint density at radius 1 is 0.897 bits per heavy atom. The van der Waals surface area contributed by atoms with E-state index < -0.39 is 23.6 Å². The molecule has 1 unspecified atom stereocenters. The molecule has 0 amide bonds. The normalized spacial score (nSPS) is 11.8. The first kappa shape index (κ1) is 28.1. The fourth-order valence-corrected chi connectivity index (χ4v) is 4.38. The molecule has 0 spiro atoms. The molecule has 1 aromatic heterocycles. The van der Waals surface area contributed by atoms with Crippen LogP contribution in [0.1, 0.15) is 49.1 Å². The molecule has 4 rings (SSSR count). The molecule has 1 atom stereocenters. The number of aryl methyl sites for hydroxylation is 2. The molecule has 3 nitrogen and oxygen atoms in total. The van der Waals surface area contributed by atoms with Crippen LogP contribution in [0.3, 0.4) is 0 Å². The van der Waals surface area contributed by atoms with Gasteiger partial charge in [0.2, 0.25) is 0 Å². The van der Waals surface area contributed by atoms with Gasteiger partial charge in [0.15, 0.2) is 23.2 Å². The number of hydrogen-bond acceptors (Lipinski definition) is 3. The maximum Gasteiger partial charge on any atom is 0.166 e. The minimum absolute atomic E-state index is 0.133. The number of ether oxygens (including phenoxy) is 1. The Bertz CT molecular complexity index is 1400. The van der Waals surface area contributed by atoms with Crippen molar-refractivity contribution in [3.05, 3.63) is 120 Å². The Morgan fingerprint density at radius 2 is 1.64 bits per heavy atom. The monoisotopic (exact) mass is 531 g/mol. The number of rotatable bonds is 12. The third-order valence-corrected chi connectivity index (χ3v) is 6.64. The first-order chi connectivity index (χ1) is 18.9. The average Bonchev–Trinajstić information content (AvgIpc) is 2.95. The Balaban J connectivity index is 1.40. The summed E-state index contributed by atoms with van der Waals surface area (Å²) in [5, 5.41) is 10.1. The molecule has 1 N–H and O–H groups in total. The highest BCUT2D eigenvalue weighted by Gasteiger charge is 2.16. The third-order valence-electron chi connectivity index (χ3n) is 6.64. The number of nitrogens with zero attached hydrogens (tertiary/aromatic N) is 1. The van der Waals surface area contributed by atoms with E-state index in [1.54, 1.807) is 42.5 Å². The summed E-state index contributed by atoms with van der Waals surface area (Å²) < 4.78 is 49.7. The molecule has 4 aromatic rings. The van der Waals surface area contributed by atoms with E-state index in [0.717, 1.165) is 23.1 Å². The van der Waals surface area contributed by atoms with Gasteiger partial charge in [0, 0.05) is 17.3 Å². The van der Waals surface area contributed by atoms with Crippen molar-refractivity contribution in [3.63, 3.8) is 0 Å². The van der Waals surface area contributed by atoms with Gasteiger partial charge in [0.25, 0.3) is 0 Å². The van der Waals surface area contributed by atoms with Crippen LogP contribution in [0.4, 0.5) is 13.2 Å². The fourth-order valence-electron chi connectivity index (χ4n) is 4.38. The highest BCUT2D eigenvalue weighted by molar-refractivity contribution is 5.65. The number of aromatic nitrogens is 1. The van der Waals surface area contributed by atoms with Crippen molar-refractivity contribution in [1.82, 2.24) is 4.98 Å². The van der Waals surface area contributed by atoms with Crippen molar-refractivity contribution in [2.45, 2.75) is 45.1 Å². The summed E-state index contributed by atoms with van der Waals surface area (Å²) in [4.78, 5) is 4.23. The number of aliphatic hydroxyl groups excluding tert-OH is 1. The van der Waals surface area contributed by atoms with Crippen LogP contribution < -0.4 is 4.74 Å². The summed E-state index contributed by atoms with van der Waals surface area (Å²) in [6, 6.07) is 18.9. The summed E-state index contributed by atoms with van der Waals surface area (Å²) >= 11 is 0. The topological polar surface area (TPSA) is 42.4 Å². The predicted molar refractivity (Wildman–Crippen MR) is 149 cm³/mol. The highest BCUT2D eigenvalue weighted by Crippen LogP contribution is 2.29. The first-order valence-corrected chi connectivity index (χ1v) is 13.1. The number of aliphatic hydroxyl groups is 1.